The number of nitrogens with two attached hydrogens (primary N) is 1. The maximum Gasteiger partial charge on any atom is 0.239 e. The van der Waals surface area contributed by atoms with E-state index in [2.05, 4.69) is 17.2 Å². The second-order valence-electron chi connectivity index (χ2n) is 4.25. The number of pyridine rings is 1. The van der Waals surface area contributed by atoms with E-state index in [-0.39, 0.29) is 5.91 Å². The summed E-state index contributed by atoms with van der Waals surface area (Å²) in [5, 5.41) is 4.17. The molecule has 18 heavy (non-hydrogen) atoms. The van der Waals surface area contributed by atoms with Crippen molar-refractivity contribution in [1.29, 1.82) is 0 Å². The van der Waals surface area contributed by atoms with E-state index in [0.717, 1.165) is 29.4 Å². The summed E-state index contributed by atoms with van der Waals surface area (Å²) in [6.45, 7) is 2.81. The van der Waals surface area contributed by atoms with Crippen LogP contribution in [0, 0.1) is 0 Å². The Labute approximate surface area is 106 Å². The second-order valence-corrected chi connectivity index (χ2v) is 4.25. The Hall–Kier alpha value is -1.94. The third-order valence-electron chi connectivity index (χ3n) is 2.84. The van der Waals surface area contributed by atoms with Crippen molar-refractivity contribution in [2.24, 2.45) is 5.73 Å². The Morgan fingerprint density at radius 2 is 2.28 bits per heavy atom. The van der Waals surface area contributed by atoms with Gasteiger partial charge in [0.05, 0.1) is 5.52 Å². The first-order valence-corrected chi connectivity index (χ1v) is 6.09. The van der Waals surface area contributed by atoms with Crippen LogP contribution in [0.15, 0.2) is 36.5 Å². The molecule has 0 spiro atoms. The third kappa shape index (κ3) is 2.65. The molecule has 94 valence electrons. The molecule has 2 aromatic rings. The molecule has 4 nitrogen and oxygen atoms in total. The van der Waals surface area contributed by atoms with Crippen molar-refractivity contribution in [1.82, 2.24) is 10.3 Å². The lowest BCUT2D eigenvalue weighted by molar-refractivity contribution is -0.120. The molecule has 0 aliphatic carbocycles. The van der Waals surface area contributed by atoms with Crippen LogP contribution >= 0.6 is 0 Å². The normalized spacial score (nSPS) is 12.5. The zero-order valence-corrected chi connectivity index (χ0v) is 10.4. The van der Waals surface area contributed by atoms with Gasteiger partial charge in [-0.2, -0.15) is 0 Å². The van der Waals surface area contributed by atoms with Crippen LogP contribution in [0.25, 0.3) is 10.9 Å². The topological polar surface area (TPSA) is 68.0 Å². The van der Waals surface area contributed by atoms with Crippen molar-refractivity contribution in [2.45, 2.75) is 19.4 Å². The standard InChI is InChI=1S/C14H17N3O/c1-2-7-17-13(14(15)18)11-5-6-12-10(9-11)4-3-8-16-12/h3-6,8-9,13,17H,2,7H2,1H3,(H2,15,18). The third-order valence-corrected chi connectivity index (χ3v) is 2.84. The number of amides is 1. The lowest BCUT2D eigenvalue weighted by Crippen LogP contribution is -2.34. The van der Waals surface area contributed by atoms with E-state index in [1.54, 1.807) is 6.20 Å². The summed E-state index contributed by atoms with van der Waals surface area (Å²) >= 11 is 0. The number of benzene rings is 1. The van der Waals surface area contributed by atoms with Crippen LogP contribution in [0.1, 0.15) is 24.9 Å². The number of hydrogen-bond acceptors (Lipinski definition) is 3. The fraction of sp³-hybridized carbons (Fsp3) is 0.286. The molecule has 0 radical (unpaired) electrons. The monoisotopic (exact) mass is 243 g/mol. The van der Waals surface area contributed by atoms with Crippen LogP contribution in [-0.4, -0.2) is 17.4 Å². The summed E-state index contributed by atoms with van der Waals surface area (Å²) in [5.41, 5.74) is 7.24. The number of carbonyl (C=O) groups is 1. The first-order valence-electron chi connectivity index (χ1n) is 6.09. The summed E-state index contributed by atoms with van der Waals surface area (Å²) in [7, 11) is 0. The average Bonchev–Trinajstić information content (AvgIpc) is 2.38. The van der Waals surface area contributed by atoms with Crippen molar-refractivity contribution < 1.29 is 4.79 Å². The molecule has 0 aliphatic heterocycles. The van der Waals surface area contributed by atoms with E-state index < -0.39 is 6.04 Å². The van der Waals surface area contributed by atoms with Gasteiger partial charge in [-0.25, -0.2) is 0 Å². The first kappa shape index (κ1) is 12.5. The molecule has 3 N–H and O–H groups in total. The number of hydrogen-bond donors (Lipinski definition) is 2. The molecule has 4 heteroatoms. The summed E-state index contributed by atoms with van der Waals surface area (Å²) in [5.74, 6) is -0.355. The molecule has 1 atom stereocenters. The van der Waals surface area contributed by atoms with Gasteiger partial charge in [-0.1, -0.05) is 19.1 Å². The maximum atomic E-state index is 11.5. The highest BCUT2D eigenvalue weighted by Crippen LogP contribution is 2.19. The van der Waals surface area contributed by atoms with Crippen LogP contribution < -0.4 is 11.1 Å². The molecule has 1 heterocycles. The van der Waals surface area contributed by atoms with Gasteiger partial charge in [0.1, 0.15) is 6.04 Å². The summed E-state index contributed by atoms with van der Waals surface area (Å²) in [6.07, 6.45) is 2.71. The number of primary amides is 1. The molecule has 1 aromatic heterocycles. The quantitative estimate of drug-likeness (QED) is 0.840. The lowest BCUT2D eigenvalue weighted by Gasteiger charge is -2.15. The number of carbonyl (C=O) groups excluding carboxylic acids is 1. The van der Waals surface area contributed by atoms with Crippen LogP contribution in [0.4, 0.5) is 0 Å². The lowest BCUT2D eigenvalue weighted by atomic mass is 10.0. The van der Waals surface area contributed by atoms with Crippen molar-refractivity contribution >= 4 is 16.8 Å². The smallest absolute Gasteiger partial charge is 0.239 e. The van der Waals surface area contributed by atoms with Crippen LogP contribution in [-0.2, 0) is 4.79 Å². The van der Waals surface area contributed by atoms with Gasteiger partial charge < -0.3 is 11.1 Å². The minimum atomic E-state index is -0.436. The molecule has 0 aliphatic rings. The van der Waals surface area contributed by atoms with E-state index in [1.165, 1.54) is 0 Å². The van der Waals surface area contributed by atoms with E-state index in [0.29, 0.717) is 0 Å². The van der Waals surface area contributed by atoms with Gasteiger partial charge in [-0.15, -0.1) is 0 Å². The molecule has 2 rings (SSSR count). The number of nitrogens with one attached hydrogen (secondary N) is 1. The van der Waals surface area contributed by atoms with E-state index in [1.807, 2.05) is 30.3 Å². The number of aromatic nitrogens is 1. The highest BCUT2D eigenvalue weighted by atomic mass is 16.1. The first-order chi connectivity index (χ1) is 8.72. The molecule has 0 saturated carbocycles. The van der Waals surface area contributed by atoms with Gasteiger partial charge in [0.2, 0.25) is 5.91 Å². The second kappa shape index (κ2) is 5.60. The molecule has 0 fully saturated rings. The minimum absolute atomic E-state index is 0.355. The van der Waals surface area contributed by atoms with Crippen molar-refractivity contribution in [2.75, 3.05) is 6.54 Å². The fourth-order valence-electron chi connectivity index (χ4n) is 1.95. The van der Waals surface area contributed by atoms with Gasteiger partial charge >= 0.3 is 0 Å². The SMILES string of the molecule is CCCNC(C(N)=O)c1ccc2ncccc2c1. The van der Waals surface area contributed by atoms with Gasteiger partial charge in [0.15, 0.2) is 0 Å². The Balaban J connectivity index is 2.35. The average molecular weight is 243 g/mol. The molecular weight excluding hydrogens is 226 g/mol. The van der Waals surface area contributed by atoms with Gasteiger partial charge in [-0.05, 0) is 36.7 Å². The van der Waals surface area contributed by atoms with Crippen molar-refractivity contribution in [3.8, 4) is 0 Å². The largest absolute Gasteiger partial charge is 0.368 e. The summed E-state index contributed by atoms with van der Waals surface area (Å²) in [4.78, 5) is 15.7. The van der Waals surface area contributed by atoms with Crippen LogP contribution in [0.3, 0.4) is 0 Å². The van der Waals surface area contributed by atoms with Crippen LogP contribution in [0.2, 0.25) is 0 Å². The van der Waals surface area contributed by atoms with E-state index in [9.17, 15) is 4.79 Å². The predicted molar refractivity (Wildman–Crippen MR) is 72.0 cm³/mol. The number of nitrogens with zero attached hydrogens (tertiary/aromatic N) is 1. The number of rotatable bonds is 5. The fourth-order valence-corrected chi connectivity index (χ4v) is 1.95. The van der Waals surface area contributed by atoms with Gasteiger partial charge in [0.25, 0.3) is 0 Å². The Bertz CT molecular complexity index is 553. The Morgan fingerprint density at radius 3 is 3.00 bits per heavy atom. The molecular formula is C14H17N3O. The highest BCUT2D eigenvalue weighted by molar-refractivity contribution is 5.85. The number of fused-ring (bicyclic) bond motifs is 1. The van der Waals surface area contributed by atoms with E-state index in [4.69, 9.17) is 5.73 Å². The maximum absolute atomic E-state index is 11.5. The predicted octanol–water partition coefficient (Wildman–Crippen LogP) is 1.76. The van der Waals surface area contributed by atoms with Crippen LogP contribution in [0.5, 0.6) is 0 Å². The summed E-state index contributed by atoms with van der Waals surface area (Å²) < 4.78 is 0. The Kier molecular flexibility index (Phi) is 3.89. The zero-order chi connectivity index (χ0) is 13.0. The van der Waals surface area contributed by atoms with Crippen molar-refractivity contribution in [3.05, 3.63) is 42.1 Å². The molecule has 1 amide bonds. The zero-order valence-electron chi connectivity index (χ0n) is 10.4. The van der Waals surface area contributed by atoms with Gasteiger partial charge in [-0.3, -0.25) is 9.78 Å². The van der Waals surface area contributed by atoms with Gasteiger partial charge in [0, 0.05) is 11.6 Å². The Morgan fingerprint density at radius 1 is 1.44 bits per heavy atom. The van der Waals surface area contributed by atoms with E-state index >= 15 is 0 Å². The molecule has 1 unspecified atom stereocenters. The summed E-state index contributed by atoms with van der Waals surface area (Å²) in [6, 6.07) is 9.19. The molecule has 0 bridgehead atoms. The minimum Gasteiger partial charge on any atom is -0.368 e. The molecule has 1 aromatic carbocycles. The molecule has 0 saturated heterocycles. The highest BCUT2D eigenvalue weighted by Gasteiger charge is 2.16. The van der Waals surface area contributed by atoms with Crippen molar-refractivity contribution in [3.63, 3.8) is 0 Å².